The van der Waals surface area contributed by atoms with Crippen molar-refractivity contribution in [2.24, 2.45) is 5.92 Å². The lowest BCUT2D eigenvalue weighted by molar-refractivity contribution is -0.165. The van der Waals surface area contributed by atoms with Crippen LogP contribution in [0.1, 0.15) is 25.5 Å². The lowest BCUT2D eigenvalue weighted by Gasteiger charge is -2.29. The van der Waals surface area contributed by atoms with Gasteiger partial charge in [0.2, 0.25) is 0 Å². The predicted octanol–water partition coefficient (Wildman–Crippen LogP) is 1.43. The van der Waals surface area contributed by atoms with Crippen molar-refractivity contribution >= 4 is 11.9 Å². The molecule has 0 amide bonds. The molecular formula is C15H22N2O4. The summed E-state index contributed by atoms with van der Waals surface area (Å²) in [5.41, 5.74) is 0.758. The summed E-state index contributed by atoms with van der Waals surface area (Å²) in [6.07, 6.45) is 3.27. The molecule has 1 rings (SSSR count). The van der Waals surface area contributed by atoms with Gasteiger partial charge in [0.15, 0.2) is 5.92 Å². The summed E-state index contributed by atoms with van der Waals surface area (Å²) >= 11 is 0. The first kappa shape index (κ1) is 17.1. The normalized spacial score (nSPS) is 12.3. The van der Waals surface area contributed by atoms with Gasteiger partial charge in [0.1, 0.15) is 0 Å². The monoisotopic (exact) mass is 294 g/mol. The number of aromatic nitrogens is 1. The van der Waals surface area contributed by atoms with Gasteiger partial charge in [-0.25, -0.2) is 0 Å². The Morgan fingerprint density at radius 2 is 1.76 bits per heavy atom. The summed E-state index contributed by atoms with van der Waals surface area (Å²) in [6, 6.07) is 3.10. The van der Waals surface area contributed by atoms with E-state index in [-0.39, 0.29) is 13.2 Å². The first-order valence-electron chi connectivity index (χ1n) is 6.92. The van der Waals surface area contributed by atoms with Gasteiger partial charge in [-0.05, 0) is 39.6 Å². The quantitative estimate of drug-likeness (QED) is 0.560. The van der Waals surface area contributed by atoms with Crippen LogP contribution in [-0.4, -0.2) is 49.1 Å². The highest BCUT2D eigenvalue weighted by molar-refractivity contribution is 5.96. The molecule has 1 heterocycles. The Labute approximate surface area is 125 Å². The van der Waals surface area contributed by atoms with E-state index in [1.54, 1.807) is 51.3 Å². The molecule has 0 aliphatic carbocycles. The Bertz CT molecular complexity index is 444. The smallest absolute Gasteiger partial charge is 0.322 e. The zero-order valence-electron chi connectivity index (χ0n) is 12.9. The number of hydrogen-bond donors (Lipinski definition) is 0. The minimum atomic E-state index is -1.04. The number of ether oxygens (including phenoxy) is 2. The van der Waals surface area contributed by atoms with Crippen LogP contribution in [0.4, 0.5) is 0 Å². The highest BCUT2D eigenvalue weighted by Gasteiger charge is 2.39. The van der Waals surface area contributed by atoms with Crippen molar-refractivity contribution in [1.29, 1.82) is 0 Å². The molecule has 1 aromatic heterocycles. The van der Waals surface area contributed by atoms with E-state index in [1.165, 1.54) is 0 Å². The summed E-state index contributed by atoms with van der Waals surface area (Å²) in [6.45, 7) is 3.83. The molecule has 0 saturated carbocycles. The van der Waals surface area contributed by atoms with Crippen molar-refractivity contribution < 1.29 is 19.1 Å². The molecule has 0 aliphatic heterocycles. The van der Waals surface area contributed by atoms with E-state index >= 15 is 0 Å². The third-order valence-corrected chi connectivity index (χ3v) is 2.98. The molecule has 0 bridgehead atoms. The van der Waals surface area contributed by atoms with Gasteiger partial charge in [-0.2, -0.15) is 0 Å². The standard InChI is InChI=1S/C15H22N2O4/c1-5-20-14(18)12(15(19)21-6-2)13(17(3)4)11-8-7-9-16-10-11/h7-10,12-13H,5-6H2,1-4H3/t13-/m0/s1. The van der Waals surface area contributed by atoms with Crippen LogP contribution in [0.15, 0.2) is 24.5 Å². The van der Waals surface area contributed by atoms with E-state index in [0.29, 0.717) is 0 Å². The first-order chi connectivity index (χ1) is 10.0. The van der Waals surface area contributed by atoms with E-state index in [2.05, 4.69) is 4.98 Å². The van der Waals surface area contributed by atoms with Crippen LogP contribution >= 0.6 is 0 Å². The van der Waals surface area contributed by atoms with Crippen molar-refractivity contribution in [2.45, 2.75) is 19.9 Å². The third kappa shape index (κ3) is 4.53. The molecular weight excluding hydrogens is 272 g/mol. The molecule has 0 N–H and O–H groups in total. The van der Waals surface area contributed by atoms with E-state index < -0.39 is 23.9 Å². The maximum Gasteiger partial charge on any atom is 0.322 e. The van der Waals surface area contributed by atoms with Crippen LogP contribution in [0.5, 0.6) is 0 Å². The number of hydrogen-bond acceptors (Lipinski definition) is 6. The van der Waals surface area contributed by atoms with Crippen molar-refractivity contribution in [3.8, 4) is 0 Å². The van der Waals surface area contributed by atoms with Crippen LogP contribution in [0.25, 0.3) is 0 Å². The number of carbonyl (C=O) groups is 2. The van der Waals surface area contributed by atoms with Gasteiger partial charge in [0.25, 0.3) is 0 Å². The summed E-state index contributed by atoms with van der Waals surface area (Å²) in [5.74, 6) is -2.21. The summed E-state index contributed by atoms with van der Waals surface area (Å²) in [7, 11) is 3.59. The molecule has 1 atom stereocenters. The zero-order valence-corrected chi connectivity index (χ0v) is 12.9. The van der Waals surface area contributed by atoms with E-state index in [1.807, 2.05) is 6.07 Å². The fourth-order valence-corrected chi connectivity index (χ4v) is 2.16. The lowest BCUT2D eigenvalue weighted by atomic mass is 9.93. The molecule has 6 nitrogen and oxygen atoms in total. The van der Waals surface area contributed by atoms with E-state index in [0.717, 1.165) is 5.56 Å². The number of nitrogens with zero attached hydrogens (tertiary/aromatic N) is 2. The molecule has 1 aromatic rings. The highest BCUT2D eigenvalue weighted by atomic mass is 16.6. The Morgan fingerprint density at radius 3 is 2.14 bits per heavy atom. The van der Waals surface area contributed by atoms with Crippen molar-refractivity contribution in [2.75, 3.05) is 27.3 Å². The maximum absolute atomic E-state index is 12.2. The summed E-state index contributed by atoms with van der Waals surface area (Å²) in [5, 5.41) is 0. The fourth-order valence-electron chi connectivity index (χ4n) is 2.16. The van der Waals surface area contributed by atoms with Crippen LogP contribution in [-0.2, 0) is 19.1 Å². The van der Waals surface area contributed by atoms with Crippen molar-refractivity contribution in [3.63, 3.8) is 0 Å². The Morgan fingerprint density at radius 1 is 1.19 bits per heavy atom. The van der Waals surface area contributed by atoms with E-state index in [4.69, 9.17) is 9.47 Å². The SMILES string of the molecule is CCOC(=O)C(C(=O)OCC)[C@H](c1cccnc1)N(C)C. The molecule has 116 valence electrons. The number of carbonyl (C=O) groups excluding carboxylic acids is 2. The molecule has 0 unspecified atom stereocenters. The Balaban J connectivity index is 3.18. The van der Waals surface area contributed by atoms with Crippen LogP contribution < -0.4 is 0 Å². The van der Waals surface area contributed by atoms with Gasteiger partial charge >= 0.3 is 11.9 Å². The second-order valence-electron chi connectivity index (χ2n) is 4.68. The zero-order chi connectivity index (χ0) is 15.8. The largest absolute Gasteiger partial charge is 0.465 e. The van der Waals surface area contributed by atoms with Crippen LogP contribution in [0.3, 0.4) is 0 Å². The predicted molar refractivity (Wildman–Crippen MR) is 77.4 cm³/mol. The van der Waals surface area contributed by atoms with Crippen LogP contribution in [0.2, 0.25) is 0 Å². The molecule has 0 radical (unpaired) electrons. The first-order valence-corrected chi connectivity index (χ1v) is 6.92. The second kappa shape index (κ2) is 8.36. The molecule has 0 aliphatic rings. The molecule has 0 fully saturated rings. The highest BCUT2D eigenvalue weighted by Crippen LogP contribution is 2.28. The van der Waals surface area contributed by atoms with Gasteiger partial charge in [-0.3, -0.25) is 14.6 Å². The van der Waals surface area contributed by atoms with Gasteiger partial charge in [-0.1, -0.05) is 6.07 Å². The van der Waals surface area contributed by atoms with Crippen LogP contribution in [0, 0.1) is 5.92 Å². The van der Waals surface area contributed by atoms with Crippen molar-refractivity contribution in [1.82, 2.24) is 9.88 Å². The Hall–Kier alpha value is -1.95. The van der Waals surface area contributed by atoms with Gasteiger partial charge in [0.05, 0.1) is 19.3 Å². The number of pyridine rings is 1. The number of esters is 2. The minimum Gasteiger partial charge on any atom is -0.465 e. The van der Waals surface area contributed by atoms with Gasteiger partial charge < -0.3 is 14.4 Å². The van der Waals surface area contributed by atoms with Gasteiger partial charge in [0, 0.05) is 12.4 Å². The van der Waals surface area contributed by atoms with Gasteiger partial charge in [-0.15, -0.1) is 0 Å². The summed E-state index contributed by atoms with van der Waals surface area (Å²) < 4.78 is 10.1. The third-order valence-electron chi connectivity index (χ3n) is 2.98. The average Bonchev–Trinajstić information content (AvgIpc) is 2.45. The second-order valence-corrected chi connectivity index (χ2v) is 4.68. The maximum atomic E-state index is 12.2. The molecule has 6 heteroatoms. The number of rotatable bonds is 7. The summed E-state index contributed by atoms with van der Waals surface area (Å²) in [4.78, 5) is 30.3. The van der Waals surface area contributed by atoms with Crippen molar-refractivity contribution in [3.05, 3.63) is 30.1 Å². The minimum absolute atomic E-state index is 0.210. The lowest BCUT2D eigenvalue weighted by Crippen LogP contribution is -2.39. The topological polar surface area (TPSA) is 68.7 Å². The Kier molecular flexibility index (Phi) is 6.81. The molecule has 0 spiro atoms. The fraction of sp³-hybridized carbons (Fsp3) is 0.533. The molecule has 0 saturated heterocycles. The molecule has 21 heavy (non-hydrogen) atoms. The average molecular weight is 294 g/mol. The van der Waals surface area contributed by atoms with E-state index in [9.17, 15) is 9.59 Å². The molecule has 0 aromatic carbocycles.